The van der Waals surface area contributed by atoms with Crippen LogP contribution in [0, 0.1) is 5.92 Å². The molecular weight excluding hydrogens is 300 g/mol. The molecule has 1 amide bonds. The predicted molar refractivity (Wildman–Crippen MR) is 86.6 cm³/mol. The highest BCUT2D eigenvalue weighted by molar-refractivity contribution is 6.30. The Hall–Kier alpha value is -1.10. The number of amides is 1. The number of nitrogens with zero attached hydrogens (tertiary/aromatic N) is 1. The van der Waals surface area contributed by atoms with E-state index in [2.05, 4.69) is 10.2 Å². The molecule has 0 spiro atoms. The Kier molecular flexibility index (Phi) is 5.01. The van der Waals surface area contributed by atoms with Crippen molar-refractivity contribution < 1.29 is 9.90 Å². The molecule has 0 aromatic heterocycles. The largest absolute Gasteiger partial charge is 0.383 e. The number of halogens is 1. The maximum Gasteiger partial charge on any atom is 0.249 e. The van der Waals surface area contributed by atoms with Crippen LogP contribution in [0.3, 0.4) is 0 Å². The van der Waals surface area contributed by atoms with Crippen LogP contribution in [0.15, 0.2) is 24.3 Å². The lowest BCUT2D eigenvalue weighted by atomic mass is 9.90. The van der Waals surface area contributed by atoms with E-state index in [1.165, 1.54) is 5.56 Å². The number of rotatable bonds is 5. The highest BCUT2D eigenvalue weighted by Crippen LogP contribution is 2.24. The van der Waals surface area contributed by atoms with E-state index in [0.29, 0.717) is 6.04 Å². The first-order valence-corrected chi connectivity index (χ1v) is 8.45. The fourth-order valence-electron chi connectivity index (χ4n) is 3.00. The summed E-state index contributed by atoms with van der Waals surface area (Å²) >= 11 is 5.90. The lowest BCUT2D eigenvalue weighted by Gasteiger charge is -2.33. The number of carbonyl (C=O) groups excluding carboxylic acids is 1. The Morgan fingerprint density at radius 3 is 2.45 bits per heavy atom. The van der Waals surface area contributed by atoms with Gasteiger partial charge in [-0.3, -0.25) is 9.69 Å². The van der Waals surface area contributed by atoms with Crippen molar-refractivity contribution >= 4 is 17.5 Å². The van der Waals surface area contributed by atoms with E-state index in [9.17, 15) is 9.90 Å². The number of aliphatic hydroxyl groups is 1. The van der Waals surface area contributed by atoms with E-state index in [1.807, 2.05) is 24.3 Å². The van der Waals surface area contributed by atoms with Crippen molar-refractivity contribution in [1.82, 2.24) is 10.2 Å². The Bertz CT molecular complexity index is 508. The zero-order valence-electron chi connectivity index (χ0n) is 12.7. The minimum absolute atomic E-state index is 0.0835. The summed E-state index contributed by atoms with van der Waals surface area (Å²) in [4.78, 5) is 14.3. The van der Waals surface area contributed by atoms with Crippen LogP contribution in [-0.2, 0) is 11.3 Å². The van der Waals surface area contributed by atoms with E-state index in [4.69, 9.17) is 11.6 Å². The number of hydrogen-bond acceptors (Lipinski definition) is 3. The van der Waals surface area contributed by atoms with Crippen molar-refractivity contribution in [1.29, 1.82) is 0 Å². The first-order valence-electron chi connectivity index (χ1n) is 8.07. The van der Waals surface area contributed by atoms with Crippen LogP contribution in [0.4, 0.5) is 0 Å². The van der Waals surface area contributed by atoms with Crippen LogP contribution in [0.25, 0.3) is 0 Å². The van der Waals surface area contributed by atoms with Gasteiger partial charge in [-0.25, -0.2) is 0 Å². The topological polar surface area (TPSA) is 52.6 Å². The van der Waals surface area contributed by atoms with Crippen LogP contribution >= 0.6 is 11.6 Å². The quantitative estimate of drug-likeness (QED) is 0.873. The number of aliphatic hydroxyl groups excluding tert-OH is 1. The maximum atomic E-state index is 11.9. The molecule has 0 unspecified atom stereocenters. The second-order valence-corrected chi connectivity index (χ2v) is 6.90. The van der Waals surface area contributed by atoms with Crippen LogP contribution in [0.2, 0.25) is 5.02 Å². The van der Waals surface area contributed by atoms with Gasteiger partial charge in [-0.2, -0.15) is 0 Å². The van der Waals surface area contributed by atoms with Gasteiger partial charge in [0.05, 0.1) is 0 Å². The zero-order valence-corrected chi connectivity index (χ0v) is 13.4. The Morgan fingerprint density at radius 1 is 1.23 bits per heavy atom. The first-order chi connectivity index (χ1) is 10.6. The van der Waals surface area contributed by atoms with Gasteiger partial charge in [0.2, 0.25) is 5.91 Å². The van der Waals surface area contributed by atoms with Gasteiger partial charge in [0.1, 0.15) is 6.10 Å². The van der Waals surface area contributed by atoms with Gasteiger partial charge in [-0.15, -0.1) is 0 Å². The molecule has 4 nitrogen and oxygen atoms in total. The number of likely N-dealkylation sites (tertiary alicyclic amines) is 1. The molecule has 120 valence electrons. The molecule has 1 saturated carbocycles. The van der Waals surface area contributed by atoms with Crippen molar-refractivity contribution in [2.24, 2.45) is 5.92 Å². The normalized spacial score (nSPS) is 21.5. The van der Waals surface area contributed by atoms with Gasteiger partial charge < -0.3 is 10.4 Å². The second kappa shape index (κ2) is 6.99. The van der Waals surface area contributed by atoms with Crippen molar-refractivity contribution in [2.45, 2.75) is 44.4 Å². The molecule has 2 fully saturated rings. The van der Waals surface area contributed by atoms with Crippen LogP contribution in [0.5, 0.6) is 0 Å². The fourth-order valence-corrected chi connectivity index (χ4v) is 3.13. The summed E-state index contributed by atoms with van der Waals surface area (Å²) in [5.41, 5.74) is 1.25. The Labute approximate surface area is 136 Å². The van der Waals surface area contributed by atoms with Crippen LogP contribution in [-0.4, -0.2) is 41.1 Å². The monoisotopic (exact) mass is 322 g/mol. The standard InChI is InChI=1S/C17H23ClN2O2/c18-14-3-1-12(2-4-14)11-20-9-7-13(8-10-20)16(21)17(22)19-15-5-6-15/h1-4,13,15-16,21H,5-11H2,(H,19,22)/t16-/m1/s1. The SMILES string of the molecule is O=C(NC1CC1)[C@H](O)C1CCN(Cc2ccc(Cl)cc2)CC1. The third-order valence-electron chi connectivity index (χ3n) is 4.59. The molecule has 22 heavy (non-hydrogen) atoms. The third kappa shape index (κ3) is 4.22. The van der Waals surface area contributed by atoms with Gasteiger partial charge in [0.25, 0.3) is 0 Å². The molecule has 1 aliphatic carbocycles. The van der Waals surface area contributed by atoms with Gasteiger partial charge in [0.15, 0.2) is 0 Å². The number of hydrogen-bond donors (Lipinski definition) is 2. The number of carbonyl (C=O) groups is 1. The van der Waals surface area contributed by atoms with Gasteiger partial charge >= 0.3 is 0 Å². The minimum atomic E-state index is -0.849. The summed E-state index contributed by atoms with van der Waals surface area (Å²) in [5.74, 6) is -0.0983. The van der Waals surface area contributed by atoms with Crippen molar-refractivity contribution in [2.75, 3.05) is 13.1 Å². The lowest BCUT2D eigenvalue weighted by molar-refractivity contribution is -0.133. The van der Waals surface area contributed by atoms with Crippen molar-refractivity contribution in [3.8, 4) is 0 Å². The Balaban J connectivity index is 1.45. The highest BCUT2D eigenvalue weighted by Gasteiger charge is 2.32. The molecule has 1 heterocycles. The number of piperidine rings is 1. The molecule has 1 aliphatic heterocycles. The van der Waals surface area contributed by atoms with Gasteiger partial charge in [0, 0.05) is 17.6 Å². The highest BCUT2D eigenvalue weighted by atomic mass is 35.5. The molecule has 1 aromatic carbocycles. The van der Waals surface area contributed by atoms with Crippen molar-refractivity contribution in [3.63, 3.8) is 0 Å². The minimum Gasteiger partial charge on any atom is -0.383 e. The smallest absolute Gasteiger partial charge is 0.249 e. The molecule has 1 aromatic rings. The van der Waals surface area contributed by atoms with Crippen LogP contribution < -0.4 is 5.32 Å². The number of nitrogens with one attached hydrogen (secondary N) is 1. The summed E-state index contributed by atoms with van der Waals surface area (Å²) in [6, 6.07) is 8.23. The van der Waals surface area contributed by atoms with E-state index >= 15 is 0 Å². The molecule has 2 N–H and O–H groups in total. The molecule has 3 rings (SSSR count). The fraction of sp³-hybridized carbons (Fsp3) is 0.588. The summed E-state index contributed by atoms with van der Waals surface area (Å²) in [7, 11) is 0. The van der Waals surface area contributed by atoms with E-state index in [0.717, 1.165) is 50.3 Å². The first kappa shape index (κ1) is 15.8. The summed E-state index contributed by atoms with van der Waals surface area (Å²) in [6.45, 7) is 2.73. The maximum absolute atomic E-state index is 11.9. The molecule has 1 saturated heterocycles. The molecule has 5 heteroatoms. The van der Waals surface area contributed by atoms with Gasteiger partial charge in [-0.1, -0.05) is 23.7 Å². The average molecular weight is 323 g/mol. The van der Waals surface area contributed by atoms with Crippen LogP contribution in [0.1, 0.15) is 31.2 Å². The average Bonchev–Trinajstić information content (AvgIpc) is 3.33. The van der Waals surface area contributed by atoms with E-state index < -0.39 is 6.10 Å². The third-order valence-corrected chi connectivity index (χ3v) is 4.84. The van der Waals surface area contributed by atoms with E-state index in [1.54, 1.807) is 0 Å². The number of benzene rings is 1. The molecule has 0 radical (unpaired) electrons. The summed E-state index contributed by atoms with van der Waals surface area (Å²) in [5, 5.41) is 13.8. The second-order valence-electron chi connectivity index (χ2n) is 6.47. The van der Waals surface area contributed by atoms with E-state index in [-0.39, 0.29) is 11.8 Å². The van der Waals surface area contributed by atoms with Crippen molar-refractivity contribution in [3.05, 3.63) is 34.9 Å². The molecule has 2 aliphatic rings. The predicted octanol–water partition coefficient (Wildman–Crippen LogP) is 2.19. The Morgan fingerprint density at radius 2 is 1.86 bits per heavy atom. The zero-order chi connectivity index (χ0) is 15.5. The summed E-state index contributed by atoms with van der Waals surface area (Å²) < 4.78 is 0. The lowest BCUT2D eigenvalue weighted by Crippen LogP contribution is -2.44. The summed E-state index contributed by atoms with van der Waals surface area (Å²) in [6.07, 6.45) is 2.99. The molecule has 1 atom stereocenters. The van der Waals surface area contributed by atoms with Gasteiger partial charge in [-0.05, 0) is 62.4 Å². The molecular formula is C17H23ClN2O2. The molecule has 0 bridgehead atoms.